The van der Waals surface area contributed by atoms with Crippen LogP contribution in [-0.2, 0) is 6.54 Å². The summed E-state index contributed by atoms with van der Waals surface area (Å²) < 4.78 is 5.57. The smallest absolute Gasteiger partial charge is 0.247 e. The maximum absolute atomic E-state index is 5.57. The van der Waals surface area contributed by atoms with E-state index < -0.39 is 0 Å². The summed E-state index contributed by atoms with van der Waals surface area (Å²) >= 11 is 0. The lowest BCUT2D eigenvalue weighted by Crippen LogP contribution is -2.13. The van der Waals surface area contributed by atoms with Crippen LogP contribution >= 0.6 is 0 Å². The Morgan fingerprint density at radius 3 is 2.65 bits per heavy atom. The number of hydrogen-bond donors (Lipinski definition) is 1. The number of aryl methyl sites for hydroxylation is 1. The van der Waals surface area contributed by atoms with Gasteiger partial charge >= 0.3 is 0 Å². The molecular formula is C13H17N3O. The minimum atomic E-state index is 0.582. The Hall–Kier alpha value is -1.68. The third-order valence-electron chi connectivity index (χ3n) is 2.47. The summed E-state index contributed by atoms with van der Waals surface area (Å²) in [4.78, 5) is 0. The lowest BCUT2D eigenvalue weighted by atomic mass is 10.1. The van der Waals surface area contributed by atoms with E-state index in [4.69, 9.17) is 4.42 Å². The summed E-state index contributed by atoms with van der Waals surface area (Å²) in [6.07, 6.45) is 1.10. The highest BCUT2D eigenvalue weighted by Gasteiger charge is 2.07. The molecular weight excluding hydrogens is 214 g/mol. The fraction of sp³-hybridized carbons (Fsp3) is 0.385. The molecule has 0 spiro atoms. The Labute approximate surface area is 101 Å². The van der Waals surface area contributed by atoms with Crippen LogP contribution in [-0.4, -0.2) is 16.7 Å². The van der Waals surface area contributed by atoms with Crippen LogP contribution in [0.3, 0.4) is 0 Å². The van der Waals surface area contributed by atoms with E-state index in [1.54, 1.807) is 0 Å². The van der Waals surface area contributed by atoms with Gasteiger partial charge in [-0.05, 0) is 32.0 Å². The van der Waals surface area contributed by atoms with Crippen LogP contribution in [0, 0.1) is 6.92 Å². The van der Waals surface area contributed by atoms with Gasteiger partial charge in [0.25, 0.3) is 0 Å². The quantitative estimate of drug-likeness (QED) is 0.803. The summed E-state index contributed by atoms with van der Waals surface area (Å²) in [5.41, 5.74) is 2.18. The molecule has 4 nitrogen and oxygen atoms in total. The van der Waals surface area contributed by atoms with Crippen LogP contribution in [0.2, 0.25) is 0 Å². The van der Waals surface area contributed by atoms with E-state index in [9.17, 15) is 0 Å². The topological polar surface area (TPSA) is 51.0 Å². The average Bonchev–Trinajstić information content (AvgIpc) is 2.79. The van der Waals surface area contributed by atoms with Crippen molar-refractivity contribution in [3.8, 4) is 11.5 Å². The molecule has 1 aromatic carbocycles. The van der Waals surface area contributed by atoms with Crippen molar-refractivity contribution in [1.82, 2.24) is 15.5 Å². The van der Waals surface area contributed by atoms with E-state index in [0.717, 1.165) is 18.5 Å². The van der Waals surface area contributed by atoms with Crippen molar-refractivity contribution in [3.05, 3.63) is 35.7 Å². The van der Waals surface area contributed by atoms with Crippen molar-refractivity contribution in [2.45, 2.75) is 26.8 Å². The lowest BCUT2D eigenvalue weighted by molar-refractivity contribution is 0.477. The van der Waals surface area contributed by atoms with Gasteiger partial charge in [0.05, 0.1) is 6.54 Å². The molecule has 0 aliphatic carbocycles. The molecule has 0 bridgehead atoms. The second-order valence-electron chi connectivity index (χ2n) is 4.04. The fourth-order valence-electron chi connectivity index (χ4n) is 1.51. The Kier molecular flexibility index (Phi) is 3.88. The van der Waals surface area contributed by atoms with Gasteiger partial charge in [-0.3, -0.25) is 0 Å². The molecule has 90 valence electrons. The molecule has 4 heteroatoms. The Morgan fingerprint density at radius 2 is 1.94 bits per heavy atom. The zero-order valence-electron chi connectivity index (χ0n) is 10.2. The number of nitrogens with zero attached hydrogens (tertiary/aromatic N) is 2. The predicted molar refractivity (Wildman–Crippen MR) is 66.5 cm³/mol. The molecule has 0 saturated heterocycles. The van der Waals surface area contributed by atoms with Crippen molar-refractivity contribution in [2.75, 3.05) is 6.54 Å². The molecule has 0 amide bonds. The van der Waals surface area contributed by atoms with Crippen LogP contribution < -0.4 is 5.32 Å². The predicted octanol–water partition coefficient (Wildman–Crippen LogP) is 2.54. The molecule has 1 heterocycles. The second kappa shape index (κ2) is 5.59. The van der Waals surface area contributed by atoms with Crippen LogP contribution in [0.15, 0.2) is 28.7 Å². The normalized spacial score (nSPS) is 10.7. The Bertz CT molecular complexity index is 462. The zero-order chi connectivity index (χ0) is 12.1. The van der Waals surface area contributed by atoms with Gasteiger partial charge in [0.15, 0.2) is 0 Å². The van der Waals surface area contributed by atoms with Crippen molar-refractivity contribution in [1.29, 1.82) is 0 Å². The minimum Gasteiger partial charge on any atom is -0.419 e. The second-order valence-corrected chi connectivity index (χ2v) is 4.04. The average molecular weight is 231 g/mol. The molecule has 0 atom stereocenters. The van der Waals surface area contributed by atoms with E-state index >= 15 is 0 Å². The fourth-order valence-corrected chi connectivity index (χ4v) is 1.51. The highest BCUT2D eigenvalue weighted by molar-refractivity contribution is 5.52. The van der Waals surface area contributed by atoms with E-state index in [0.29, 0.717) is 18.3 Å². The standard InChI is InChI=1S/C13H17N3O/c1-3-8-14-9-12-15-16-13(17-12)11-6-4-10(2)5-7-11/h4-7,14H,3,8-9H2,1-2H3. The third-order valence-corrected chi connectivity index (χ3v) is 2.47. The van der Waals surface area contributed by atoms with Gasteiger partial charge < -0.3 is 9.73 Å². The molecule has 17 heavy (non-hydrogen) atoms. The van der Waals surface area contributed by atoms with Crippen molar-refractivity contribution in [2.24, 2.45) is 0 Å². The number of rotatable bonds is 5. The van der Waals surface area contributed by atoms with Gasteiger partial charge in [-0.2, -0.15) is 0 Å². The van der Waals surface area contributed by atoms with E-state index in [-0.39, 0.29) is 0 Å². The zero-order valence-corrected chi connectivity index (χ0v) is 10.2. The van der Waals surface area contributed by atoms with Gasteiger partial charge in [-0.25, -0.2) is 0 Å². The summed E-state index contributed by atoms with van der Waals surface area (Å²) in [7, 11) is 0. The summed E-state index contributed by atoms with van der Waals surface area (Å²) in [6.45, 7) is 5.77. The molecule has 0 saturated carbocycles. The summed E-state index contributed by atoms with van der Waals surface area (Å²) in [5.74, 6) is 1.22. The van der Waals surface area contributed by atoms with Gasteiger partial charge in [0.1, 0.15) is 0 Å². The van der Waals surface area contributed by atoms with Crippen LogP contribution in [0.5, 0.6) is 0 Å². The third kappa shape index (κ3) is 3.14. The van der Waals surface area contributed by atoms with Gasteiger partial charge in [0.2, 0.25) is 11.8 Å². The van der Waals surface area contributed by atoms with Gasteiger partial charge in [-0.15, -0.1) is 10.2 Å². The number of aromatic nitrogens is 2. The van der Waals surface area contributed by atoms with E-state index in [2.05, 4.69) is 29.4 Å². The van der Waals surface area contributed by atoms with Crippen molar-refractivity contribution >= 4 is 0 Å². The lowest BCUT2D eigenvalue weighted by Gasteiger charge is -1.97. The maximum Gasteiger partial charge on any atom is 0.247 e. The Balaban J connectivity index is 2.04. The molecule has 2 aromatic rings. The monoisotopic (exact) mass is 231 g/mol. The number of benzene rings is 1. The first-order valence-electron chi connectivity index (χ1n) is 5.89. The molecule has 0 fully saturated rings. The first-order chi connectivity index (χ1) is 8.29. The van der Waals surface area contributed by atoms with Crippen molar-refractivity contribution in [3.63, 3.8) is 0 Å². The first-order valence-corrected chi connectivity index (χ1v) is 5.89. The molecule has 1 aromatic heterocycles. The van der Waals surface area contributed by atoms with E-state index in [1.807, 2.05) is 24.3 Å². The summed E-state index contributed by atoms with van der Waals surface area (Å²) in [6, 6.07) is 8.06. The van der Waals surface area contributed by atoms with E-state index in [1.165, 1.54) is 5.56 Å². The maximum atomic E-state index is 5.57. The largest absolute Gasteiger partial charge is 0.419 e. The highest BCUT2D eigenvalue weighted by atomic mass is 16.4. The molecule has 0 aliphatic rings. The van der Waals surface area contributed by atoms with Crippen LogP contribution in [0.1, 0.15) is 24.8 Å². The molecule has 0 radical (unpaired) electrons. The first kappa shape index (κ1) is 11.8. The van der Waals surface area contributed by atoms with Crippen LogP contribution in [0.4, 0.5) is 0 Å². The molecule has 2 rings (SSSR count). The molecule has 0 aliphatic heterocycles. The van der Waals surface area contributed by atoms with Gasteiger partial charge in [0, 0.05) is 5.56 Å². The minimum absolute atomic E-state index is 0.582. The van der Waals surface area contributed by atoms with Gasteiger partial charge in [-0.1, -0.05) is 24.6 Å². The molecule has 0 unspecified atom stereocenters. The van der Waals surface area contributed by atoms with Crippen molar-refractivity contribution < 1.29 is 4.42 Å². The Morgan fingerprint density at radius 1 is 1.18 bits per heavy atom. The SMILES string of the molecule is CCCNCc1nnc(-c2ccc(C)cc2)o1. The number of nitrogens with one attached hydrogen (secondary N) is 1. The highest BCUT2D eigenvalue weighted by Crippen LogP contribution is 2.17. The summed E-state index contributed by atoms with van der Waals surface area (Å²) in [5, 5.41) is 11.3. The number of hydrogen-bond acceptors (Lipinski definition) is 4. The molecule has 1 N–H and O–H groups in total. The van der Waals surface area contributed by atoms with Crippen LogP contribution in [0.25, 0.3) is 11.5 Å².